The van der Waals surface area contributed by atoms with Crippen LogP contribution in [0, 0.1) is 0 Å². The van der Waals surface area contributed by atoms with Gasteiger partial charge in [-0.25, -0.2) is 0 Å². The molecule has 0 aromatic heterocycles. The maximum absolute atomic E-state index is 8.00. The Morgan fingerprint density at radius 2 is 1.12 bits per heavy atom. The van der Waals surface area contributed by atoms with Gasteiger partial charge in [0, 0.05) is 0 Å². The van der Waals surface area contributed by atoms with Crippen molar-refractivity contribution in [2.45, 2.75) is 83.7 Å². The summed E-state index contributed by atoms with van der Waals surface area (Å²) in [4.78, 5) is 8.00. The van der Waals surface area contributed by atoms with Crippen molar-refractivity contribution >= 4 is 6.79 Å². The predicted octanol–water partition coefficient (Wildman–Crippen LogP) is 3.36. The molecular weight excluding hydrogens is 212 g/mol. The minimum Gasteiger partial charge on any atom is -0.316 e. The van der Waals surface area contributed by atoms with Gasteiger partial charge in [0.1, 0.15) is 6.79 Å². The van der Waals surface area contributed by atoms with Crippen LogP contribution in [0.15, 0.2) is 0 Å². The average Bonchev–Trinajstić information content (AvgIpc) is 2.34. The van der Waals surface area contributed by atoms with Gasteiger partial charge in [-0.05, 0) is 6.42 Å². The predicted molar refractivity (Wildman–Crippen MR) is 75.7 cm³/mol. The molecule has 0 fully saturated rings. The van der Waals surface area contributed by atoms with Crippen LogP contribution in [0.25, 0.3) is 0 Å². The van der Waals surface area contributed by atoms with Gasteiger partial charge in [-0.15, -0.1) is 0 Å². The summed E-state index contributed by atoms with van der Waals surface area (Å²) in [6.45, 7) is 4.27. The van der Waals surface area contributed by atoms with Gasteiger partial charge in [0.25, 0.3) is 0 Å². The summed E-state index contributed by atoms with van der Waals surface area (Å²) in [6.07, 6.45) is 14.6. The smallest absolute Gasteiger partial charge is 0.106 e. The summed E-state index contributed by atoms with van der Waals surface area (Å²) in [5, 5.41) is 0. The van der Waals surface area contributed by atoms with Gasteiger partial charge in [0.05, 0.1) is 6.17 Å². The van der Waals surface area contributed by atoms with Gasteiger partial charge in [-0.1, -0.05) is 71.1 Å². The van der Waals surface area contributed by atoms with Crippen molar-refractivity contribution in [1.29, 1.82) is 0 Å². The Bertz CT molecular complexity index is 129. The summed E-state index contributed by atoms with van der Waals surface area (Å²) in [7, 11) is 0. The summed E-state index contributed by atoms with van der Waals surface area (Å²) >= 11 is 0. The molecule has 17 heavy (non-hydrogen) atoms. The molecule has 0 unspecified atom stereocenters. The van der Waals surface area contributed by atoms with Crippen LogP contribution in [-0.2, 0) is 4.79 Å². The first-order valence-corrected chi connectivity index (χ1v) is 7.07. The number of unbranched alkanes of at least 4 members (excludes halogenated alkanes) is 9. The molecule has 104 valence electrons. The first kappa shape index (κ1) is 18.9. The minimum atomic E-state index is -0.0981. The van der Waals surface area contributed by atoms with Gasteiger partial charge in [-0.3, -0.25) is 0 Å². The van der Waals surface area contributed by atoms with Gasteiger partial charge in [0.2, 0.25) is 0 Å². The number of rotatable bonds is 11. The van der Waals surface area contributed by atoms with Crippen LogP contribution in [0.4, 0.5) is 0 Å². The van der Waals surface area contributed by atoms with E-state index in [4.69, 9.17) is 16.3 Å². The van der Waals surface area contributed by atoms with E-state index in [1.807, 2.05) is 6.79 Å². The van der Waals surface area contributed by atoms with Crippen LogP contribution < -0.4 is 11.5 Å². The lowest BCUT2D eigenvalue weighted by Gasteiger charge is -2.04. The van der Waals surface area contributed by atoms with Gasteiger partial charge < -0.3 is 16.3 Å². The Kier molecular flexibility index (Phi) is 20.0. The zero-order valence-corrected chi connectivity index (χ0v) is 11.6. The Balaban J connectivity index is 0. The number of hydrogen-bond donors (Lipinski definition) is 2. The largest absolute Gasteiger partial charge is 0.316 e. The van der Waals surface area contributed by atoms with Gasteiger partial charge >= 0.3 is 0 Å². The van der Waals surface area contributed by atoms with Crippen molar-refractivity contribution in [1.82, 2.24) is 0 Å². The van der Waals surface area contributed by atoms with Crippen LogP contribution in [0.2, 0.25) is 0 Å². The van der Waals surface area contributed by atoms with Crippen molar-refractivity contribution in [2.75, 3.05) is 0 Å². The lowest BCUT2D eigenvalue weighted by Crippen LogP contribution is -2.29. The number of hydrogen-bond acceptors (Lipinski definition) is 3. The zero-order chi connectivity index (χ0) is 13.4. The molecule has 0 heterocycles. The molecule has 0 spiro atoms. The molecule has 0 bridgehead atoms. The molecule has 0 aromatic rings. The number of nitrogens with two attached hydrogens (primary N) is 2. The van der Waals surface area contributed by atoms with E-state index in [1.54, 1.807) is 0 Å². The van der Waals surface area contributed by atoms with Crippen LogP contribution in [0.3, 0.4) is 0 Å². The molecule has 0 saturated carbocycles. The summed E-state index contributed by atoms with van der Waals surface area (Å²) in [6, 6.07) is 0. The monoisotopic (exact) mass is 244 g/mol. The third-order valence-electron chi connectivity index (χ3n) is 2.89. The third-order valence-corrected chi connectivity index (χ3v) is 2.89. The summed E-state index contributed by atoms with van der Waals surface area (Å²) < 4.78 is 0. The molecule has 3 nitrogen and oxygen atoms in total. The van der Waals surface area contributed by atoms with E-state index in [1.165, 1.54) is 64.2 Å². The third kappa shape index (κ3) is 21.4. The van der Waals surface area contributed by atoms with E-state index in [0.717, 1.165) is 6.42 Å². The van der Waals surface area contributed by atoms with E-state index in [0.29, 0.717) is 0 Å². The first-order chi connectivity index (χ1) is 8.27. The molecule has 0 aliphatic rings. The van der Waals surface area contributed by atoms with Crippen molar-refractivity contribution in [3.05, 3.63) is 0 Å². The second kappa shape index (κ2) is 18.0. The van der Waals surface area contributed by atoms with Crippen molar-refractivity contribution in [2.24, 2.45) is 11.5 Å². The van der Waals surface area contributed by atoms with Crippen LogP contribution >= 0.6 is 0 Å². The van der Waals surface area contributed by atoms with E-state index >= 15 is 0 Å². The SMILES string of the molecule is C=O.CCCCCCCCCCCCC(N)N. The zero-order valence-electron chi connectivity index (χ0n) is 11.6. The molecule has 0 radical (unpaired) electrons. The highest BCUT2D eigenvalue weighted by atomic mass is 16.1. The molecule has 0 atom stereocenters. The van der Waals surface area contributed by atoms with Crippen molar-refractivity contribution in [3.8, 4) is 0 Å². The molecule has 0 saturated heterocycles. The van der Waals surface area contributed by atoms with Crippen molar-refractivity contribution < 1.29 is 4.79 Å². The highest BCUT2D eigenvalue weighted by Crippen LogP contribution is 2.11. The Labute approximate surface area is 107 Å². The van der Waals surface area contributed by atoms with Crippen LogP contribution in [0.5, 0.6) is 0 Å². The maximum Gasteiger partial charge on any atom is 0.106 e. The Morgan fingerprint density at radius 1 is 0.765 bits per heavy atom. The van der Waals surface area contributed by atoms with E-state index in [-0.39, 0.29) is 6.17 Å². The van der Waals surface area contributed by atoms with E-state index in [9.17, 15) is 0 Å². The minimum absolute atomic E-state index is 0.0981. The Hall–Kier alpha value is -0.410. The van der Waals surface area contributed by atoms with E-state index < -0.39 is 0 Å². The molecule has 0 rings (SSSR count). The topological polar surface area (TPSA) is 69.1 Å². The number of carbonyl (C=O) groups excluding carboxylic acids is 1. The average molecular weight is 244 g/mol. The summed E-state index contributed by atoms with van der Waals surface area (Å²) in [5.41, 5.74) is 11.0. The normalized spacial score (nSPS) is 10.1. The fourth-order valence-electron chi connectivity index (χ4n) is 1.87. The van der Waals surface area contributed by atoms with Crippen LogP contribution in [-0.4, -0.2) is 13.0 Å². The quantitative estimate of drug-likeness (QED) is 0.432. The van der Waals surface area contributed by atoms with Crippen LogP contribution in [0.1, 0.15) is 77.6 Å². The van der Waals surface area contributed by atoms with E-state index in [2.05, 4.69) is 6.92 Å². The lowest BCUT2D eigenvalue weighted by molar-refractivity contribution is -0.0979. The Morgan fingerprint density at radius 3 is 1.47 bits per heavy atom. The molecule has 0 aliphatic carbocycles. The molecule has 4 N–H and O–H groups in total. The fourth-order valence-corrected chi connectivity index (χ4v) is 1.87. The molecular formula is C14H32N2O. The summed E-state index contributed by atoms with van der Waals surface area (Å²) in [5.74, 6) is 0. The standard InChI is InChI=1S/C13H30N2.CH2O/c1-2-3-4-5-6-7-8-9-10-11-12-13(14)15;1-2/h13H,2-12,14-15H2,1H3;1H2. The van der Waals surface area contributed by atoms with Gasteiger partial charge in [-0.2, -0.15) is 0 Å². The first-order valence-electron chi connectivity index (χ1n) is 7.07. The fraction of sp³-hybridized carbons (Fsp3) is 0.929. The highest BCUT2D eigenvalue weighted by molar-refractivity contribution is 5.10. The molecule has 0 aromatic carbocycles. The molecule has 0 amide bonds. The maximum atomic E-state index is 8.00. The number of carbonyl (C=O) groups is 1. The van der Waals surface area contributed by atoms with Crippen molar-refractivity contribution in [3.63, 3.8) is 0 Å². The highest BCUT2D eigenvalue weighted by Gasteiger charge is 1.95. The second-order valence-corrected chi connectivity index (χ2v) is 4.63. The molecule has 0 aliphatic heterocycles. The lowest BCUT2D eigenvalue weighted by atomic mass is 10.1. The molecule has 3 heteroatoms. The van der Waals surface area contributed by atoms with Gasteiger partial charge in [0.15, 0.2) is 0 Å². The second-order valence-electron chi connectivity index (χ2n) is 4.63.